The van der Waals surface area contributed by atoms with E-state index in [0.717, 1.165) is 19.3 Å². The lowest BCUT2D eigenvalue weighted by Gasteiger charge is -2.18. The van der Waals surface area contributed by atoms with Crippen LogP contribution in [0.25, 0.3) is 22.2 Å². The van der Waals surface area contributed by atoms with Gasteiger partial charge in [0.2, 0.25) is 0 Å². The second-order valence-electron chi connectivity index (χ2n) is 6.62. The molecular weight excluding hydrogens is 347 g/mol. The van der Waals surface area contributed by atoms with Gasteiger partial charge in [0.15, 0.2) is 17.4 Å². The van der Waals surface area contributed by atoms with E-state index in [1.54, 1.807) is 23.0 Å². The number of pyridine rings is 1. The summed E-state index contributed by atoms with van der Waals surface area (Å²) in [5.41, 5.74) is 0.0938. The molecule has 0 fully saturated rings. The molecule has 0 spiro atoms. The van der Waals surface area contributed by atoms with Crippen LogP contribution >= 0.6 is 0 Å². The lowest BCUT2D eigenvalue weighted by molar-refractivity contribution is 0.320. The van der Waals surface area contributed by atoms with Crippen molar-refractivity contribution in [1.82, 2.24) is 14.5 Å². The Morgan fingerprint density at radius 3 is 3.07 bits per heavy atom. The molecule has 27 heavy (non-hydrogen) atoms. The van der Waals surface area contributed by atoms with Crippen molar-refractivity contribution in [2.24, 2.45) is 0 Å². The number of aryl methyl sites for hydroxylation is 1. The van der Waals surface area contributed by atoms with Gasteiger partial charge in [-0.1, -0.05) is 19.8 Å². The average molecular weight is 368 g/mol. The molecule has 3 heterocycles. The highest BCUT2D eigenvalue weighted by Crippen LogP contribution is 2.29. The summed E-state index contributed by atoms with van der Waals surface area (Å²) in [6.07, 6.45) is 6.39. The maximum absolute atomic E-state index is 14.8. The summed E-state index contributed by atoms with van der Waals surface area (Å²) in [6, 6.07) is 4.76. The number of hydrogen-bond acceptors (Lipinski definition) is 5. The zero-order chi connectivity index (χ0) is 18.8. The maximum atomic E-state index is 14.8. The van der Waals surface area contributed by atoms with Gasteiger partial charge in [0.1, 0.15) is 12.4 Å². The van der Waals surface area contributed by atoms with Gasteiger partial charge in [-0.2, -0.15) is 0 Å². The third kappa shape index (κ3) is 3.37. The van der Waals surface area contributed by atoms with Gasteiger partial charge < -0.3 is 14.6 Å². The summed E-state index contributed by atoms with van der Waals surface area (Å²) in [5.74, 6) is 0.860. The molecule has 0 saturated carbocycles. The highest BCUT2D eigenvalue weighted by atomic mass is 19.1. The van der Waals surface area contributed by atoms with Gasteiger partial charge in [-0.15, -0.1) is 0 Å². The summed E-state index contributed by atoms with van der Waals surface area (Å²) in [5, 5.41) is 4.16. The molecular formula is C20H21FN4O2. The van der Waals surface area contributed by atoms with Crippen LogP contribution in [0.3, 0.4) is 0 Å². The number of rotatable bonds is 5. The van der Waals surface area contributed by atoms with E-state index in [4.69, 9.17) is 4.74 Å². The zero-order valence-corrected chi connectivity index (χ0v) is 15.2. The smallest absolute Gasteiger partial charge is 0.258 e. The molecule has 0 radical (unpaired) electrons. The number of nitrogens with zero attached hydrogens (tertiary/aromatic N) is 3. The summed E-state index contributed by atoms with van der Waals surface area (Å²) >= 11 is 0. The Labute approximate surface area is 156 Å². The minimum Gasteiger partial charge on any atom is -0.486 e. The number of anilines is 1. The number of hydrogen-bond donors (Lipinski definition) is 1. The van der Waals surface area contributed by atoms with Crippen molar-refractivity contribution in [3.8, 4) is 17.1 Å². The Hall–Kier alpha value is -2.96. The zero-order valence-electron chi connectivity index (χ0n) is 15.2. The first kappa shape index (κ1) is 17.5. The molecule has 0 bridgehead atoms. The van der Waals surface area contributed by atoms with E-state index in [-0.39, 0.29) is 16.9 Å². The first-order chi connectivity index (χ1) is 13.2. The molecule has 1 N–H and O–H groups in total. The molecule has 6 nitrogen and oxygen atoms in total. The largest absolute Gasteiger partial charge is 0.486 e. The third-order valence-corrected chi connectivity index (χ3v) is 4.72. The van der Waals surface area contributed by atoms with Crippen LogP contribution in [0.2, 0.25) is 0 Å². The van der Waals surface area contributed by atoms with Crippen LogP contribution in [-0.2, 0) is 6.54 Å². The van der Waals surface area contributed by atoms with Crippen molar-refractivity contribution in [3.05, 3.63) is 46.8 Å². The minimum atomic E-state index is -0.511. The monoisotopic (exact) mass is 368 g/mol. The van der Waals surface area contributed by atoms with Crippen molar-refractivity contribution >= 4 is 16.6 Å². The lowest BCUT2D eigenvalue weighted by Crippen LogP contribution is -2.20. The number of nitrogens with one attached hydrogen (secondary N) is 1. The first-order valence-corrected chi connectivity index (χ1v) is 9.24. The highest BCUT2D eigenvalue weighted by molar-refractivity contribution is 5.86. The molecule has 4 rings (SSSR count). The van der Waals surface area contributed by atoms with Gasteiger partial charge in [-0.3, -0.25) is 4.79 Å². The van der Waals surface area contributed by atoms with E-state index < -0.39 is 5.82 Å². The van der Waals surface area contributed by atoms with E-state index in [0.29, 0.717) is 42.0 Å². The van der Waals surface area contributed by atoms with Crippen molar-refractivity contribution in [3.63, 3.8) is 0 Å². The first-order valence-electron chi connectivity index (χ1n) is 9.24. The van der Waals surface area contributed by atoms with Crippen molar-refractivity contribution < 1.29 is 9.13 Å². The van der Waals surface area contributed by atoms with Crippen molar-refractivity contribution in [2.45, 2.75) is 32.7 Å². The summed E-state index contributed by atoms with van der Waals surface area (Å²) < 4.78 is 21.9. The van der Waals surface area contributed by atoms with Gasteiger partial charge >= 0.3 is 0 Å². The minimum absolute atomic E-state index is 0.171. The Balaban J connectivity index is 1.74. The van der Waals surface area contributed by atoms with Crippen molar-refractivity contribution in [1.29, 1.82) is 0 Å². The molecule has 0 atom stereocenters. The number of benzene rings is 1. The van der Waals surface area contributed by atoms with Crippen LogP contribution < -0.4 is 15.6 Å². The van der Waals surface area contributed by atoms with Gasteiger partial charge in [-0.25, -0.2) is 14.4 Å². The number of unbranched alkanes of at least 4 members (excludes halogenated alkanes) is 2. The van der Waals surface area contributed by atoms with Gasteiger partial charge in [0, 0.05) is 12.7 Å². The van der Waals surface area contributed by atoms with Gasteiger partial charge in [-0.05, 0) is 30.0 Å². The third-order valence-electron chi connectivity index (χ3n) is 4.72. The molecule has 1 aromatic carbocycles. The Kier molecular flexibility index (Phi) is 4.75. The Morgan fingerprint density at radius 2 is 2.22 bits per heavy atom. The highest BCUT2D eigenvalue weighted by Gasteiger charge is 2.17. The molecule has 0 unspecified atom stereocenters. The lowest BCUT2D eigenvalue weighted by atomic mass is 10.1. The van der Waals surface area contributed by atoms with Crippen LogP contribution in [0.5, 0.6) is 5.75 Å². The van der Waals surface area contributed by atoms with E-state index in [1.807, 2.05) is 6.07 Å². The van der Waals surface area contributed by atoms with Crippen LogP contribution in [0, 0.1) is 5.82 Å². The van der Waals surface area contributed by atoms with Crippen LogP contribution in [-0.4, -0.2) is 27.7 Å². The van der Waals surface area contributed by atoms with E-state index in [1.165, 1.54) is 6.07 Å². The molecule has 0 amide bonds. The summed E-state index contributed by atoms with van der Waals surface area (Å²) in [6.45, 7) is 3.95. The molecule has 1 aliphatic heterocycles. The number of aromatic nitrogens is 3. The second kappa shape index (κ2) is 7.34. The standard InChI is InChI=1S/C20H21FN4O2/c1-2-3-4-7-25-8-5-13-10-15(16(21)11-14(13)20(25)26)18-23-12-17-19(24-18)22-6-9-27-17/h5,8,10-12H,2-4,6-7,9H2,1H3,(H,22,23,24). The summed E-state index contributed by atoms with van der Waals surface area (Å²) in [7, 11) is 0. The van der Waals surface area contributed by atoms with Gasteiger partial charge in [0.05, 0.1) is 23.7 Å². The quantitative estimate of drug-likeness (QED) is 0.697. The fourth-order valence-electron chi connectivity index (χ4n) is 3.25. The molecule has 2 aromatic heterocycles. The van der Waals surface area contributed by atoms with Crippen LogP contribution in [0.4, 0.5) is 10.2 Å². The topological polar surface area (TPSA) is 69.0 Å². The predicted octanol–water partition coefficient (Wildman–Crippen LogP) is 3.59. The van der Waals surface area contributed by atoms with E-state index >= 15 is 0 Å². The van der Waals surface area contributed by atoms with E-state index in [9.17, 15) is 9.18 Å². The van der Waals surface area contributed by atoms with E-state index in [2.05, 4.69) is 22.2 Å². The fourth-order valence-corrected chi connectivity index (χ4v) is 3.25. The number of halogens is 1. The Bertz CT molecular complexity index is 1050. The number of ether oxygens (including phenoxy) is 1. The molecule has 1 aliphatic rings. The fraction of sp³-hybridized carbons (Fsp3) is 0.350. The predicted molar refractivity (Wildman–Crippen MR) is 103 cm³/mol. The summed E-state index contributed by atoms with van der Waals surface area (Å²) in [4.78, 5) is 21.2. The average Bonchev–Trinajstić information content (AvgIpc) is 2.69. The second-order valence-corrected chi connectivity index (χ2v) is 6.62. The molecule has 140 valence electrons. The molecule has 0 aliphatic carbocycles. The Morgan fingerprint density at radius 1 is 1.33 bits per heavy atom. The normalized spacial score (nSPS) is 13.1. The molecule has 0 saturated heterocycles. The van der Waals surface area contributed by atoms with Gasteiger partial charge in [0.25, 0.3) is 5.56 Å². The maximum Gasteiger partial charge on any atom is 0.258 e. The molecule has 3 aromatic rings. The molecule has 7 heteroatoms. The van der Waals surface area contributed by atoms with Crippen molar-refractivity contribution in [2.75, 3.05) is 18.5 Å². The van der Waals surface area contributed by atoms with Crippen LogP contribution in [0.1, 0.15) is 26.2 Å². The van der Waals surface area contributed by atoms with Crippen LogP contribution in [0.15, 0.2) is 35.4 Å². The number of fused-ring (bicyclic) bond motifs is 2. The SMILES string of the molecule is CCCCCn1ccc2cc(-c3ncc4c(n3)NCCO4)c(F)cc2c1=O.